The van der Waals surface area contributed by atoms with Gasteiger partial charge in [0.15, 0.2) is 21.4 Å². The summed E-state index contributed by atoms with van der Waals surface area (Å²) in [5.74, 6) is 0.272. The molecular weight excluding hydrogens is 475 g/mol. The van der Waals surface area contributed by atoms with Crippen molar-refractivity contribution in [2.45, 2.75) is 56.9 Å². The fraction of sp³-hybridized carbons (Fsp3) is 0.600. The number of aryl methyl sites for hydroxylation is 1. The molecule has 1 saturated heterocycles. The molecule has 1 aromatic carbocycles. The maximum absolute atomic E-state index is 14.4. The summed E-state index contributed by atoms with van der Waals surface area (Å²) in [4.78, 5) is 25.1. The molecule has 35 heavy (non-hydrogen) atoms. The number of aromatic nitrogens is 2. The number of hydrogen-bond donors (Lipinski definition) is 1. The van der Waals surface area contributed by atoms with Crippen LogP contribution in [0.5, 0.6) is 5.75 Å². The molecule has 2 fully saturated rings. The van der Waals surface area contributed by atoms with Gasteiger partial charge < -0.3 is 14.0 Å². The molecule has 1 aliphatic carbocycles. The molecule has 1 N–H and O–H groups in total. The SMILES string of the molecule is O=c1ccn(CCCCCS(=O)(=O)CC2(c3ccc(F)c(OCC4CC4)c3)CCOCC2)c(=O)[nH]1. The van der Waals surface area contributed by atoms with Gasteiger partial charge in [-0.15, -0.1) is 0 Å². The van der Waals surface area contributed by atoms with Crippen molar-refractivity contribution in [1.29, 1.82) is 0 Å². The van der Waals surface area contributed by atoms with Gasteiger partial charge in [0.25, 0.3) is 5.56 Å². The topological polar surface area (TPSA) is 107 Å². The lowest BCUT2D eigenvalue weighted by molar-refractivity contribution is 0.0573. The highest BCUT2D eigenvalue weighted by Crippen LogP contribution is 2.39. The summed E-state index contributed by atoms with van der Waals surface area (Å²) < 4.78 is 53.3. The predicted molar refractivity (Wildman–Crippen MR) is 130 cm³/mol. The lowest BCUT2D eigenvalue weighted by Gasteiger charge is -2.37. The standard InChI is InChI=1S/C25H33FN2O6S/c26-21-7-6-20(16-22(21)34-17-19-4-5-19)25(9-13-33-14-10-25)18-35(31,32)15-3-1-2-11-28-12-8-23(29)27-24(28)30/h6-8,12,16,19H,1-5,9-11,13-15,17-18H2,(H,27,29,30). The molecule has 0 spiro atoms. The average molecular weight is 509 g/mol. The van der Waals surface area contributed by atoms with Gasteiger partial charge in [0.1, 0.15) is 0 Å². The largest absolute Gasteiger partial charge is 0.490 e. The number of unbranched alkanes of at least 4 members (excludes halogenated alkanes) is 2. The van der Waals surface area contributed by atoms with Gasteiger partial charge >= 0.3 is 5.69 Å². The molecule has 1 aliphatic heterocycles. The van der Waals surface area contributed by atoms with Crippen LogP contribution in [0.15, 0.2) is 40.1 Å². The Labute approximate surface area is 204 Å². The highest BCUT2D eigenvalue weighted by Gasteiger charge is 2.39. The van der Waals surface area contributed by atoms with Crippen LogP contribution in [-0.4, -0.2) is 49.3 Å². The fourth-order valence-corrected chi connectivity index (χ4v) is 6.69. The lowest BCUT2D eigenvalue weighted by Crippen LogP contribution is -2.41. The van der Waals surface area contributed by atoms with Gasteiger partial charge in [0, 0.05) is 37.4 Å². The van der Waals surface area contributed by atoms with Gasteiger partial charge in [0.2, 0.25) is 0 Å². The Balaban J connectivity index is 1.37. The van der Waals surface area contributed by atoms with Crippen LogP contribution in [0, 0.1) is 11.7 Å². The summed E-state index contributed by atoms with van der Waals surface area (Å²) in [6.07, 6.45) is 6.48. The molecule has 1 aromatic heterocycles. The monoisotopic (exact) mass is 508 g/mol. The van der Waals surface area contributed by atoms with E-state index >= 15 is 0 Å². The average Bonchev–Trinajstić information content (AvgIpc) is 3.64. The number of sulfone groups is 1. The molecule has 8 nitrogen and oxygen atoms in total. The highest BCUT2D eigenvalue weighted by atomic mass is 32.2. The van der Waals surface area contributed by atoms with Crippen molar-refractivity contribution in [3.63, 3.8) is 0 Å². The molecule has 0 unspecified atom stereocenters. The molecule has 0 radical (unpaired) electrons. The normalized spacial score (nSPS) is 17.9. The van der Waals surface area contributed by atoms with E-state index < -0.39 is 32.3 Å². The zero-order valence-electron chi connectivity index (χ0n) is 19.8. The molecule has 0 bridgehead atoms. The Kier molecular flexibility index (Phi) is 8.11. The molecule has 2 aliphatic rings. The van der Waals surface area contributed by atoms with Crippen LogP contribution in [0.2, 0.25) is 0 Å². The third kappa shape index (κ3) is 7.04. The Bertz CT molecular complexity index is 1230. The van der Waals surface area contributed by atoms with Crippen LogP contribution < -0.4 is 16.0 Å². The lowest BCUT2D eigenvalue weighted by atomic mass is 9.76. The van der Waals surface area contributed by atoms with Crippen LogP contribution in [0.3, 0.4) is 0 Å². The van der Waals surface area contributed by atoms with Gasteiger partial charge in [0.05, 0.1) is 18.1 Å². The van der Waals surface area contributed by atoms with Crippen LogP contribution in [0.25, 0.3) is 0 Å². The van der Waals surface area contributed by atoms with Crippen LogP contribution in [0.4, 0.5) is 4.39 Å². The summed E-state index contributed by atoms with van der Waals surface area (Å²) in [5.41, 5.74) is -0.756. The van der Waals surface area contributed by atoms with E-state index in [1.165, 1.54) is 22.9 Å². The molecular formula is C25H33FN2O6S. The van der Waals surface area contributed by atoms with Gasteiger partial charge in [-0.3, -0.25) is 9.78 Å². The molecule has 10 heteroatoms. The highest BCUT2D eigenvalue weighted by molar-refractivity contribution is 7.91. The maximum atomic E-state index is 14.4. The number of hydrogen-bond acceptors (Lipinski definition) is 6. The first kappa shape index (κ1) is 25.6. The Hall–Kier alpha value is -2.46. The summed E-state index contributed by atoms with van der Waals surface area (Å²) in [6, 6.07) is 6.03. The molecule has 2 aromatic rings. The molecule has 4 rings (SSSR count). The summed E-state index contributed by atoms with van der Waals surface area (Å²) in [6.45, 7) is 1.81. The predicted octanol–water partition coefficient (Wildman–Crippen LogP) is 2.80. The van der Waals surface area contributed by atoms with E-state index in [9.17, 15) is 22.4 Å². The first-order valence-corrected chi connectivity index (χ1v) is 14.1. The quantitative estimate of drug-likeness (QED) is 0.442. The molecule has 1 saturated carbocycles. The van der Waals surface area contributed by atoms with Crippen molar-refractivity contribution >= 4 is 9.84 Å². The number of nitrogens with zero attached hydrogens (tertiary/aromatic N) is 1. The maximum Gasteiger partial charge on any atom is 0.328 e. The first-order chi connectivity index (χ1) is 16.8. The van der Waals surface area contributed by atoms with Crippen molar-refractivity contribution in [1.82, 2.24) is 9.55 Å². The Morgan fingerprint density at radius 3 is 2.60 bits per heavy atom. The number of halogens is 1. The van der Waals surface area contributed by atoms with Crippen LogP contribution in [0.1, 0.15) is 50.5 Å². The van der Waals surface area contributed by atoms with E-state index in [1.807, 2.05) is 0 Å². The van der Waals surface area contributed by atoms with Gasteiger partial charge in [-0.2, -0.15) is 0 Å². The van der Waals surface area contributed by atoms with E-state index in [0.29, 0.717) is 64.4 Å². The van der Waals surface area contributed by atoms with E-state index in [-0.39, 0.29) is 17.3 Å². The third-order valence-electron chi connectivity index (χ3n) is 6.91. The molecule has 2 heterocycles. The van der Waals surface area contributed by atoms with Gasteiger partial charge in [-0.25, -0.2) is 17.6 Å². The van der Waals surface area contributed by atoms with E-state index in [2.05, 4.69) is 4.98 Å². The van der Waals surface area contributed by atoms with Gasteiger partial charge in [-0.05, 0) is 62.1 Å². The minimum absolute atomic E-state index is 0.0174. The van der Waals surface area contributed by atoms with Crippen molar-refractivity contribution in [3.8, 4) is 5.75 Å². The zero-order valence-corrected chi connectivity index (χ0v) is 20.7. The van der Waals surface area contributed by atoms with E-state index in [4.69, 9.17) is 9.47 Å². The summed E-state index contributed by atoms with van der Waals surface area (Å²) in [5, 5.41) is 0. The van der Waals surface area contributed by atoms with E-state index in [1.54, 1.807) is 12.1 Å². The fourth-order valence-electron chi connectivity index (χ4n) is 4.61. The third-order valence-corrected chi connectivity index (χ3v) is 8.82. The number of rotatable bonds is 12. The minimum atomic E-state index is -3.39. The minimum Gasteiger partial charge on any atom is -0.490 e. The smallest absolute Gasteiger partial charge is 0.328 e. The first-order valence-electron chi connectivity index (χ1n) is 12.3. The Morgan fingerprint density at radius 2 is 1.89 bits per heavy atom. The second-order valence-corrected chi connectivity index (χ2v) is 11.9. The second kappa shape index (κ2) is 11.1. The second-order valence-electron chi connectivity index (χ2n) is 9.75. The van der Waals surface area contributed by atoms with Crippen molar-refractivity contribution in [2.24, 2.45) is 5.92 Å². The van der Waals surface area contributed by atoms with Crippen molar-refractivity contribution < 1.29 is 22.3 Å². The molecule has 192 valence electrons. The number of benzene rings is 1. The number of aromatic amines is 1. The number of ether oxygens (including phenoxy) is 2. The number of H-pyrrole nitrogens is 1. The van der Waals surface area contributed by atoms with Crippen LogP contribution >= 0.6 is 0 Å². The van der Waals surface area contributed by atoms with Gasteiger partial charge in [-0.1, -0.05) is 12.5 Å². The van der Waals surface area contributed by atoms with Crippen LogP contribution in [-0.2, 0) is 26.5 Å². The Morgan fingerprint density at radius 1 is 1.11 bits per heavy atom. The molecule has 0 atom stereocenters. The number of nitrogens with one attached hydrogen (secondary N) is 1. The van der Waals surface area contributed by atoms with E-state index in [0.717, 1.165) is 18.4 Å². The zero-order chi connectivity index (χ0) is 24.9. The summed E-state index contributed by atoms with van der Waals surface area (Å²) in [7, 11) is -3.39. The molecule has 0 amide bonds. The van der Waals surface area contributed by atoms with Crippen molar-refractivity contribution in [2.75, 3.05) is 31.3 Å². The summed E-state index contributed by atoms with van der Waals surface area (Å²) >= 11 is 0. The van der Waals surface area contributed by atoms with Crippen molar-refractivity contribution in [3.05, 3.63) is 62.7 Å².